The van der Waals surface area contributed by atoms with E-state index in [2.05, 4.69) is 28.1 Å². The predicted octanol–water partition coefficient (Wildman–Crippen LogP) is 3.83. The highest BCUT2D eigenvalue weighted by atomic mass is 16.5. The van der Waals surface area contributed by atoms with Crippen molar-refractivity contribution in [2.45, 2.75) is 13.0 Å². The third kappa shape index (κ3) is 5.22. The number of imidazole rings is 1. The Hall–Kier alpha value is -3.80. The number of carbonyl (C=O) groups is 1. The maximum Gasteiger partial charge on any atom is 0.257 e. The number of para-hydroxylation sites is 3. The van der Waals surface area contributed by atoms with Gasteiger partial charge in [0, 0.05) is 19.5 Å². The number of hydrogen-bond donors (Lipinski definition) is 1. The molecule has 4 aromatic rings. The average molecular weight is 415 g/mol. The lowest BCUT2D eigenvalue weighted by Gasteiger charge is -2.11. The molecular weight excluding hydrogens is 390 g/mol. The Morgan fingerprint density at radius 1 is 0.935 bits per heavy atom. The van der Waals surface area contributed by atoms with Crippen molar-refractivity contribution in [3.8, 4) is 11.5 Å². The fourth-order valence-corrected chi connectivity index (χ4v) is 3.44. The predicted molar refractivity (Wildman–Crippen MR) is 120 cm³/mol. The molecule has 1 amide bonds. The molecule has 158 valence electrons. The van der Waals surface area contributed by atoms with E-state index in [0.29, 0.717) is 25.3 Å². The number of ether oxygens (including phenoxy) is 2. The van der Waals surface area contributed by atoms with Gasteiger partial charge < -0.3 is 19.4 Å². The second kappa shape index (κ2) is 9.80. The zero-order valence-electron chi connectivity index (χ0n) is 17.5. The molecule has 6 nitrogen and oxygen atoms in total. The number of carbonyl (C=O) groups excluding carboxylic acids is 1. The van der Waals surface area contributed by atoms with Crippen LogP contribution in [0.3, 0.4) is 0 Å². The van der Waals surface area contributed by atoms with Crippen LogP contribution in [0.5, 0.6) is 11.5 Å². The van der Waals surface area contributed by atoms with Gasteiger partial charge in [-0.05, 0) is 42.0 Å². The smallest absolute Gasteiger partial charge is 0.257 e. The minimum atomic E-state index is -0.151. The summed E-state index contributed by atoms with van der Waals surface area (Å²) >= 11 is 0. The molecule has 0 bridgehead atoms. The van der Waals surface area contributed by atoms with Gasteiger partial charge in [-0.15, -0.1) is 0 Å². The normalized spacial score (nSPS) is 10.7. The molecule has 0 saturated carbocycles. The Labute approximate surface area is 181 Å². The van der Waals surface area contributed by atoms with E-state index in [1.807, 2.05) is 60.7 Å². The van der Waals surface area contributed by atoms with E-state index >= 15 is 0 Å². The van der Waals surface area contributed by atoms with Gasteiger partial charge in [-0.25, -0.2) is 4.98 Å². The summed E-state index contributed by atoms with van der Waals surface area (Å²) in [6, 6.07) is 25.4. The van der Waals surface area contributed by atoms with Gasteiger partial charge in [0.15, 0.2) is 6.61 Å². The Kier molecular flexibility index (Phi) is 6.47. The Bertz CT molecular complexity index is 1140. The maximum atomic E-state index is 12.1. The molecule has 0 aliphatic heterocycles. The van der Waals surface area contributed by atoms with Gasteiger partial charge in [-0.2, -0.15) is 0 Å². The first-order valence-electron chi connectivity index (χ1n) is 10.2. The first-order valence-corrected chi connectivity index (χ1v) is 10.2. The van der Waals surface area contributed by atoms with Crippen molar-refractivity contribution in [3.63, 3.8) is 0 Å². The number of nitrogens with zero attached hydrogens (tertiary/aromatic N) is 2. The summed E-state index contributed by atoms with van der Waals surface area (Å²) < 4.78 is 12.9. The SMILES string of the molecule is COc1ccc(Cn2c(CCNC(=O)COc3ccccc3)nc3ccccc32)cc1. The van der Waals surface area contributed by atoms with Crippen LogP contribution in [0.4, 0.5) is 0 Å². The number of methoxy groups -OCH3 is 1. The van der Waals surface area contributed by atoms with E-state index in [9.17, 15) is 4.79 Å². The summed E-state index contributed by atoms with van der Waals surface area (Å²) in [6.45, 7) is 1.18. The summed E-state index contributed by atoms with van der Waals surface area (Å²) in [5.74, 6) is 2.29. The average Bonchev–Trinajstić information content (AvgIpc) is 3.16. The lowest BCUT2D eigenvalue weighted by atomic mass is 10.2. The van der Waals surface area contributed by atoms with Gasteiger partial charge in [0.25, 0.3) is 5.91 Å². The van der Waals surface area contributed by atoms with Crippen molar-refractivity contribution in [1.82, 2.24) is 14.9 Å². The molecule has 0 radical (unpaired) electrons. The quantitative estimate of drug-likeness (QED) is 0.451. The van der Waals surface area contributed by atoms with Crippen LogP contribution in [0.1, 0.15) is 11.4 Å². The van der Waals surface area contributed by atoms with Crippen LogP contribution in [-0.4, -0.2) is 35.7 Å². The monoisotopic (exact) mass is 415 g/mol. The van der Waals surface area contributed by atoms with Crippen LogP contribution in [0.2, 0.25) is 0 Å². The molecule has 0 atom stereocenters. The molecule has 0 spiro atoms. The minimum Gasteiger partial charge on any atom is -0.497 e. The van der Waals surface area contributed by atoms with Gasteiger partial charge in [0.05, 0.1) is 18.1 Å². The van der Waals surface area contributed by atoms with Crippen LogP contribution in [0, 0.1) is 0 Å². The third-order valence-electron chi connectivity index (χ3n) is 5.02. The molecular formula is C25H25N3O3. The van der Waals surface area contributed by atoms with Crippen molar-refractivity contribution in [2.24, 2.45) is 0 Å². The van der Waals surface area contributed by atoms with E-state index in [1.54, 1.807) is 7.11 Å². The van der Waals surface area contributed by atoms with Crippen molar-refractivity contribution < 1.29 is 14.3 Å². The van der Waals surface area contributed by atoms with Crippen molar-refractivity contribution in [2.75, 3.05) is 20.3 Å². The van der Waals surface area contributed by atoms with E-state index in [4.69, 9.17) is 14.5 Å². The van der Waals surface area contributed by atoms with E-state index < -0.39 is 0 Å². The zero-order valence-corrected chi connectivity index (χ0v) is 17.5. The molecule has 0 fully saturated rings. The second-order valence-corrected chi connectivity index (χ2v) is 7.15. The fraction of sp³-hybridized carbons (Fsp3) is 0.200. The van der Waals surface area contributed by atoms with Crippen LogP contribution in [0.25, 0.3) is 11.0 Å². The summed E-state index contributed by atoms with van der Waals surface area (Å²) in [7, 11) is 1.66. The lowest BCUT2D eigenvalue weighted by Crippen LogP contribution is -2.31. The number of hydrogen-bond acceptors (Lipinski definition) is 4. The van der Waals surface area contributed by atoms with Gasteiger partial charge in [0.1, 0.15) is 17.3 Å². The van der Waals surface area contributed by atoms with E-state index in [1.165, 1.54) is 0 Å². The highest BCUT2D eigenvalue weighted by Crippen LogP contribution is 2.19. The highest BCUT2D eigenvalue weighted by molar-refractivity contribution is 5.78. The number of aromatic nitrogens is 2. The fourth-order valence-electron chi connectivity index (χ4n) is 3.44. The van der Waals surface area contributed by atoms with Gasteiger partial charge in [-0.3, -0.25) is 4.79 Å². The first kappa shape index (κ1) is 20.5. The minimum absolute atomic E-state index is 0.00766. The van der Waals surface area contributed by atoms with Crippen LogP contribution < -0.4 is 14.8 Å². The summed E-state index contributed by atoms with van der Waals surface area (Å²) in [5, 5.41) is 2.92. The standard InChI is InChI=1S/C25H25N3O3/c1-30-20-13-11-19(12-14-20)17-28-23-10-6-5-9-22(23)27-24(28)15-16-26-25(29)18-31-21-7-3-2-4-8-21/h2-14H,15-18H2,1H3,(H,26,29). The number of benzene rings is 3. The van der Waals surface area contributed by atoms with Gasteiger partial charge in [0.2, 0.25) is 0 Å². The van der Waals surface area contributed by atoms with Gasteiger partial charge >= 0.3 is 0 Å². The first-order chi connectivity index (χ1) is 15.2. The van der Waals surface area contributed by atoms with Gasteiger partial charge in [-0.1, -0.05) is 42.5 Å². The lowest BCUT2D eigenvalue weighted by molar-refractivity contribution is -0.123. The number of amides is 1. The van der Waals surface area contributed by atoms with E-state index in [0.717, 1.165) is 28.2 Å². The molecule has 3 aromatic carbocycles. The summed E-state index contributed by atoms with van der Waals surface area (Å²) in [6.07, 6.45) is 0.627. The molecule has 0 saturated heterocycles. The maximum absolute atomic E-state index is 12.1. The van der Waals surface area contributed by atoms with Crippen molar-refractivity contribution in [1.29, 1.82) is 0 Å². The number of rotatable bonds is 9. The van der Waals surface area contributed by atoms with Crippen LogP contribution in [-0.2, 0) is 17.8 Å². The molecule has 4 rings (SSSR count). The Morgan fingerprint density at radius 3 is 2.45 bits per heavy atom. The van der Waals surface area contributed by atoms with E-state index in [-0.39, 0.29) is 12.5 Å². The topological polar surface area (TPSA) is 65.4 Å². The summed E-state index contributed by atoms with van der Waals surface area (Å²) in [5.41, 5.74) is 3.18. The van der Waals surface area contributed by atoms with Crippen molar-refractivity contribution in [3.05, 3.63) is 90.3 Å². The molecule has 0 aliphatic carbocycles. The Balaban J connectivity index is 1.40. The highest BCUT2D eigenvalue weighted by Gasteiger charge is 2.12. The number of nitrogens with one attached hydrogen (secondary N) is 1. The molecule has 6 heteroatoms. The molecule has 1 aromatic heterocycles. The second-order valence-electron chi connectivity index (χ2n) is 7.15. The van der Waals surface area contributed by atoms with Crippen molar-refractivity contribution >= 4 is 16.9 Å². The molecule has 1 heterocycles. The molecule has 0 unspecified atom stereocenters. The molecule has 1 N–H and O–H groups in total. The number of fused-ring (bicyclic) bond motifs is 1. The van der Waals surface area contributed by atoms with Crippen LogP contribution >= 0.6 is 0 Å². The van der Waals surface area contributed by atoms with Crippen LogP contribution in [0.15, 0.2) is 78.9 Å². The third-order valence-corrected chi connectivity index (χ3v) is 5.02. The molecule has 0 aliphatic rings. The zero-order chi connectivity index (χ0) is 21.5. The Morgan fingerprint density at radius 2 is 1.68 bits per heavy atom. The largest absolute Gasteiger partial charge is 0.497 e. The molecule has 31 heavy (non-hydrogen) atoms. The summed E-state index contributed by atoms with van der Waals surface area (Å²) in [4.78, 5) is 16.9.